The number of carbonyl (C=O) groups is 1. The van der Waals surface area contributed by atoms with Crippen molar-refractivity contribution in [3.63, 3.8) is 0 Å². The average Bonchev–Trinajstić information content (AvgIpc) is 3.53. The van der Waals surface area contributed by atoms with Gasteiger partial charge in [0.05, 0.1) is 310 Å². The summed E-state index contributed by atoms with van der Waals surface area (Å²) >= 11 is 0. The van der Waals surface area contributed by atoms with Crippen molar-refractivity contribution in [1.29, 1.82) is 0 Å². The molecule has 0 spiro atoms. The van der Waals surface area contributed by atoms with Crippen LogP contribution in [0.2, 0.25) is 0 Å². The minimum Gasteiger partial charge on any atom is -0.377 e. The highest BCUT2D eigenvalue weighted by Crippen LogP contribution is 2.12. The van der Waals surface area contributed by atoms with Gasteiger partial charge in [-0.2, -0.15) is 0 Å². The fourth-order valence-corrected chi connectivity index (χ4v) is 7.34. The van der Waals surface area contributed by atoms with E-state index in [-0.39, 0.29) is 5.91 Å². The van der Waals surface area contributed by atoms with Crippen LogP contribution < -0.4 is 11.1 Å². The van der Waals surface area contributed by atoms with Crippen molar-refractivity contribution in [3.8, 4) is 0 Å². The molecule has 0 aromatic heterocycles. The van der Waals surface area contributed by atoms with Crippen molar-refractivity contribution in [2.75, 3.05) is 317 Å². The summed E-state index contributed by atoms with van der Waals surface area (Å²) < 4.78 is 127. The Kier molecular flexibility index (Phi) is 82.1. The molecule has 26 heteroatoms. The zero-order valence-electron chi connectivity index (χ0n) is 54.9. The smallest absolute Gasteiger partial charge is 0.220 e. The molecule has 88 heavy (non-hydrogen) atoms. The Hall–Kier alpha value is -1.49. The first-order valence-electron chi connectivity index (χ1n) is 33.1. The van der Waals surface area contributed by atoms with Gasteiger partial charge in [-0.1, -0.05) is 71.1 Å². The Balaban J connectivity index is 3.11. The van der Waals surface area contributed by atoms with E-state index in [1.165, 1.54) is 57.8 Å². The maximum Gasteiger partial charge on any atom is 0.220 e. The van der Waals surface area contributed by atoms with Gasteiger partial charge in [-0.25, -0.2) is 0 Å². The van der Waals surface area contributed by atoms with Crippen LogP contribution in [0.1, 0.15) is 84.0 Å². The third-order valence-electron chi connectivity index (χ3n) is 12.0. The molecule has 4 N–H and O–H groups in total. The highest BCUT2D eigenvalue weighted by molar-refractivity contribution is 5.75. The van der Waals surface area contributed by atoms with Crippen molar-refractivity contribution >= 4 is 5.91 Å². The van der Waals surface area contributed by atoms with E-state index >= 15 is 0 Å². The molecule has 0 radical (unpaired) electrons. The topological polar surface area (TPSA) is 269 Å². The number of hydrogen-bond donors (Lipinski definition) is 2. The van der Waals surface area contributed by atoms with Crippen molar-refractivity contribution in [2.45, 2.75) is 84.0 Å². The number of ether oxygens (including phenoxy) is 23. The van der Waals surface area contributed by atoms with Crippen molar-refractivity contribution in [2.24, 2.45) is 0 Å². The second kappa shape index (κ2) is 83.5. The summed E-state index contributed by atoms with van der Waals surface area (Å²) in [5.41, 5.74) is 3.72. The predicted octanol–water partition coefficient (Wildman–Crippen LogP) is 3.43. The summed E-state index contributed by atoms with van der Waals surface area (Å²) in [5, 5.41) is 2.93. The van der Waals surface area contributed by atoms with E-state index in [4.69, 9.17) is 109 Å². The van der Waals surface area contributed by atoms with E-state index in [2.05, 4.69) is 18.0 Å². The summed E-state index contributed by atoms with van der Waals surface area (Å²) in [7, 11) is 0. The minimum absolute atomic E-state index is 0.110. The third kappa shape index (κ3) is 82.5. The molecule has 0 heterocycles. The van der Waals surface area contributed by atoms with E-state index in [1.807, 2.05) is 0 Å². The van der Waals surface area contributed by atoms with Crippen LogP contribution in [0.15, 0.2) is 0 Å². The van der Waals surface area contributed by atoms with Crippen molar-refractivity contribution in [1.82, 2.24) is 5.32 Å². The second-order valence-corrected chi connectivity index (χ2v) is 19.6. The van der Waals surface area contributed by atoms with Gasteiger partial charge in [0.15, 0.2) is 0 Å². The first-order chi connectivity index (χ1) is 43.8. The van der Waals surface area contributed by atoms with Crippen LogP contribution in [0.3, 0.4) is 0 Å². The molecule has 0 atom stereocenters. The van der Waals surface area contributed by atoms with Gasteiger partial charge in [-0.3, -0.25) is 4.79 Å². The molecule has 0 aliphatic heterocycles. The van der Waals surface area contributed by atoms with Crippen molar-refractivity contribution in [3.05, 3.63) is 0 Å². The van der Waals surface area contributed by atoms with Crippen LogP contribution >= 0.6 is 0 Å². The first kappa shape index (κ1) is 86.5. The molecule has 0 unspecified atom stereocenters. The maximum atomic E-state index is 12.0. The van der Waals surface area contributed by atoms with Crippen LogP contribution in [0.25, 0.3) is 0 Å². The minimum atomic E-state index is 0.110. The molecule has 528 valence electrons. The van der Waals surface area contributed by atoms with Gasteiger partial charge in [0.2, 0.25) is 5.91 Å². The number of amides is 1. The molecule has 0 aromatic carbocycles. The maximum absolute atomic E-state index is 12.0. The third-order valence-corrected chi connectivity index (χ3v) is 12.0. The molecule has 26 nitrogen and oxygen atoms in total. The number of hydrogen-bond acceptors (Lipinski definition) is 24. The molecule has 0 aromatic rings. The summed E-state index contributed by atoms with van der Waals surface area (Å²) in [4.78, 5) is 12.0. The Morgan fingerprint density at radius 1 is 0.216 bits per heavy atom. The highest BCUT2D eigenvalue weighted by atomic mass is 16.6. The average molecular weight is 1280 g/mol. The number of rotatable bonds is 83. The highest BCUT2D eigenvalue weighted by Gasteiger charge is 2.03. The second-order valence-electron chi connectivity index (χ2n) is 19.6. The Morgan fingerprint density at radius 2 is 0.364 bits per heavy atom. The van der Waals surface area contributed by atoms with E-state index in [1.54, 1.807) is 0 Å². The standard InChI is InChI=1S/C62H126N2O24/c1-2-3-4-5-6-7-8-9-10-11-12-13-62(65)64-15-17-67-19-21-69-23-25-71-27-29-73-31-33-75-35-37-77-39-41-79-43-45-81-47-49-83-51-53-85-55-57-87-59-61-88-60-58-86-56-54-84-52-50-82-48-46-80-44-42-78-40-38-76-36-34-74-32-30-72-28-26-70-24-22-68-20-18-66-16-14-63/h2-61,63H2,1H3,(H,64,65)/p+1. The molecule has 0 aliphatic rings. The van der Waals surface area contributed by atoms with Crippen LogP contribution in [0.4, 0.5) is 0 Å². The summed E-state index contributed by atoms with van der Waals surface area (Å²) in [5.74, 6) is 0.110. The number of quaternary nitrogens is 1. The van der Waals surface area contributed by atoms with Crippen LogP contribution in [-0.2, 0) is 114 Å². The van der Waals surface area contributed by atoms with Gasteiger partial charge in [0.25, 0.3) is 0 Å². The molecule has 1 amide bonds. The predicted molar refractivity (Wildman–Crippen MR) is 331 cm³/mol. The first-order valence-corrected chi connectivity index (χ1v) is 33.1. The fraction of sp³-hybridized carbons (Fsp3) is 0.984. The molecular formula is C62H127N2O24+. The van der Waals surface area contributed by atoms with E-state index in [0.717, 1.165) is 19.4 Å². The largest absolute Gasteiger partial charge is 0.377 e. The summed E-state index contributed by atoms with van der Waals surface area (Å²) in [6.07, 6.45) is 14.7. The van der Waals surface area contributed by atoms with E-state index in [9.17, 15) is 4.79 Å². The van der Waals surface area contributed by atoms with Gasteiger partial charge in [0, 0.05) is 13.0 Å². The molecule has 0 fully saturated rings. The lowest BCUT2D eigenvalue weighted by atomic mass is 10.1. The number of carbonyl (C=O) groups excluding carboxylic acids is 1. The zero-order chi connectivity index (χ0) is 63.0. The quantitative estimate of drug-likeness (QED) is 0.0826. The molecular weight excluding hydrogens is 1160 g/mol. The van der Waals surface area contributed by atoms with Crippen molar-refractivity contribution < 1.29 is 119 Å². The summed E-state index contributed by atoms with van der Waals surface area (Å²) in [6, 6.07) is 0. The Morgan fingerprint density at radius 3 is 0.534 bits per heavy atom. The molecule has 0 saturated carbocycles. The number of nitrogens with one attached hydrogen (secondary N) is 1. The normalized spacial score (nSPS) is 11.7. The molecule has 0 rings (SSSR count). The van der Waals surface area contributed by atoms with Crippen LogP contribution in [0, 0.1) is 0 Å². The van der Waals surface area contributed by atoms with E-state index < -0.39 is 0 Å². The monoisotopic (exact) mass is 1280 g/mol. The van der Waals surface area contributed by atoms with Gasteiger partial charge in [0.1, 0.15) is 0 Å². The molecule has 0 saturated heterocycles. The number of unbranched alkanes of at least 4 members (excludes halogenated alkanes) is 10. The lowest BCUT2D eigenvalue weighted by molar-refractivity contribution is -0.374. The molecule has 0 bridgehead atoms. The Labute approximate surface area is 530 Å². The molecule has 0 aliphatic carbocycles. The Bertz CT molecular complexity index is 1250. The SMILES string of the molecule is CCCCCCCCCCCCCC(=O)NCCOCCOCCOCCOCCOCCOCCOCCOCCOCCOCCOCCOCCOCCOCCOCCOCCOCCOCCOCCOCCOCCOCCOCC[NH3+]. The van der Waals surface area contributed by atoms with Gasteiger partial charge >= 0.3 is 0 Å². The zero-order valence-corrected chi connectivity index (χ0v) is 54.9. The van der Waals surface area contributed by atoms with Gasteiger partial charge < -0.3 is 120 Å². The van der Waals surface area contributed by atoms with Crippen LogP contribution in [0.5, 0.6) is 0 Å². The lowest BCUT2D eigenvalue weighted by Crippen LogP contribution is -2.52. The summed E-state index contributed by atoms with van der Waals surface area (Å²) in [6.45, 7) is 26.6. The lowest BCUT2D eigenvalue weighted by Gasteiger charge is -2.09. The van der Waals surface area contributed by atoms with Crippen LogP contribution in [-0.4, -0.2) is 323 Å². The fourth-order valence-electron chi connectivity index (χ4n) is 7.34. The van der Waals surface area contributed by atoms with E-state index in [0.29, 0.717) is 317 Å². The van der Waals surface area contributed by atoms with Gasteiger partial charge in [-0.15, -0.1) is 0 Å². The van der Waals surface area contributed by atoms with Gasteiger partial charge in [-0.05, 0) is 6.42 Å².